The highest BCUT2D eigenvalue weighted by Gasteiger charge is 2.15. The zero-order valence-corrected chi connectivity index (χ0v) is 16.0. The number of aryl methyl sites for hydroxylation is 3. The molecule has 0 saturated carbocycles. The Morgan fingerprint density at radius 2 is 1.59 bits per heavy atom. The van der Waals surface area contributed by atoms with E-state index in [1.165, 1.54) is 14.0 Å². The van der Waals surface area contributed by atoms with E-state index in [1.807, 2.05) is 0 Å². The van der Waals surface area contributed by atoms with E-state index >= 15 is 0 Å². The maximum absolute atomic E-state index is 12.2. The Bertz CT molecular complexity index is 990. The topological polar surface area (TPSA) is 112 Å². The molecule has 3 aromatic rings. The summed E-state index contributed by atoms with van der Waals surface area (Å²) < 4.78 is 4.49. The van der Waals surface area contributed by atoms with Crippen molar-refractivity contribution in [2.45, 2.75) is 13.0 Å². The van der Waals surface area contributed by atoms with E-state index in [2.05, 4.69) is 25.9 Å². The van der Waals surface area contributed by atoms with Crippen LogP contribution in [0.1, 0.15) is 16.9 Å². The van der Waals surface area contributed by atoms with Crippen LogP contribution in [0, 0.1) is 0 Å². The number of hydrogen-bond donors (Lipinski definition) is 2. The summed E-state index contributed by atoms with van der Waals surface area (Å²) in [5, 5.41) is 18.1. The van der Waals surface area contributed by atoms with Gasteiger partial charge >= 0.3 is 0 Å². The summed E-state index contributed by atoms with van der Waals surface area (Å²) in [7, 11) is 3.40. The highest BCUT2D eigenvalue weighted by Crippen LogP contribution is 2.19. The number of amides is 2. The van der Waals surface area contributed by atoms with Crippen LogP contribution in [0.5, 0.6) is 0 Å². The molecular weight excluding hydrogens is 395 g/mol. The van der Waals surface area contributed by atoms with Gasteiger partial charge in [0.1, 0.15) is 10.0 Å². The largest absolute Gasteiger partial charge is 0.308 e. The van der Waals surface area contributed by atoms with Gasteiger partial charge in [0, 0.05) is 45.7 Å². The summed E-state index contributed by atoms with van der Waals surface area (Å²) in [4.78, 5) is 24.2. The molecule has 27 heavy (non-hydrogen) atoms. The van der Waals surface area contributed by atoms with E-state index in [0.717, 1.165) is 0 Å². The number of rotatable bonds is 6. The minimum absolute atomic E-state index is 0.141. The molecule has 0 aliphatic rings. The third kappa shape index (κ3) is 4.66. The lowest BCUT2D eigenvalue weighted by atomic mass is 10.4. The summed E-state index contributed by atoms with van der Waals surface area (Å²) in [5.74, 6) is -0.154. The molecule has 0 aliphatic carbocycles. The van der Waals surface area contributed by atoms with Crippen molar-refractivity contribution in [2.75, 3.05) is 10.6 Å². The molecule has 12 heteroatoms. The second-order valence-electron chi connectivity index (χ2n) is 5.71. The molecule has 2 amide bonds. The van der Waals surface area contributed by atoms with Crippen molar-refractivity contribution in [3.8, 4) is 0 Å². The first-order valence-corrected chi connectivity index (χ1v) is 8.60. The third-order valence-corrected chi connectivity index (χ3v) is 4.05. The van der Waals surface area contributed by atoms with Crippen molar-refractivity contribution in [1.82, 2.24) is 29.3 Å². The fourth-order valence-corrected chi connectivity index (χ4v) is 2.73. The molecule has 0 unspecified atom stereocenters. The minimum Gasteiger partial charge on any atom is -0.308 e. The standard InChI is InChI=1S/C15H16Cl2N8O2/c1-23-7-9(16)13(21-23)18-12(26)4-6-25-5-3-11(20-25)15(27)19-14-10(17)8-24(2)22-14/h3,5,7-8H,4,6H2,1-2H3,(H,18,21,26)(H,19,22,27). The SMILES string of the molecule is Cn1cc(Cl)c(NC(=O)CCn2ccc(C(=O)Nc3nn(C)cc3Cl)n2)n1. The predicted molar refractivity (Wildman–Crippen MR) is 99.9 cm³/mol. The maximum Gasteiger partial charge on any atom is 0.277 e. The molecule has 3 aromatic heterocycles. The third-order valence-electron chi connectivity index (χ3n) is 3.50. The molecule has 0 atom stereocenters. The van der Waals surface area contributed by atoms with Crippen molar-refractivity contribution in [2.24, 2.45) is 14.1 Å². The molecule has 3 heterocycles. The monoisotopic (exact) mass is 410 g/mol. The van der Waals surface area contributed by atoms with Gasteiger partial charge < -0.3 is 10.6 Å². The van der Waals surface area contributed by atoms with Crippen LogP contribution in [-0.4, -0.2) is 41.2 Å². The normalized spacial score (nSPS) is 10.8. The first kappa shape index (κ1) is 18.9. The molecule has 0 aromatic carbocycles. The van der Waals surface area contributed by atoms with E-state index in [0.29, 0.717) is 15.9 Å². The lowest BCUT2D eigenvalue weighted by Gasteiger charge is -2.03. The van der Waals surface area contributed by atoms with Crippen molar-refractivity contribution in [3.05, 3.63) is 40.4 Å². The first-order chi connectivity index (χ1) is 12.8. The van der Waals surface area contributed by atoms with Gasteiger partial charge in [-0.1, -0.05) is 23.2 Å². The highest BCUT2D eigenvalue weighted by molar-refractivity contribution is 6.33. The summed E-state index contributed by atoms with van der Waals surface area (Å²) in [6.07, 6.45) is 4.91. The maximum atomic E-state index is 12.2. The molecule has 0 bridgehead atoms. The van der Waals surface area contributed by atoms with Crippen molar-refractivity contribution >= 4 is 46.7 Å². The molecule has 0 aliphatic heterocycles. The Kier molecular flexibility index (Phi) is 5.47. The minimum atomic E-state index is -0.445. The molecule has 0 radical (unpaired) electrons. The Morgan fingerprint density at radius 1 is 1.00 bits per heavy atom. The summed E-state index contributed by atoms with van der Waals surface area (Å²) in [6.45, 7) is 0.286. The molecule has 2 N–H and O–H groups in total. The van der Waals surface area contributed by atoms with Gasteiger partial charge in [-0.3, -0.25) is 23.6 Å². The van der Waals surface area contributed by atoms with Gasteiger partial charge in [0.2, 0.25) is 5.91 Å². The van der Waals surface area contributed by atoms with Gasteiger partial charge in [0.25, 0.3) is 5.91 Å². The quantitative estimate of drug-likeness (QED) is 0.644. The molecule has 0 saturated heterocycles. The lowest BCUT2D eigenvalue weighted by Crippen LogP contribution is -2.17. The Hall–Kier alpha value is -2.85. The van der Waals surface area contributed by atoms with Gasteiger partial charge in [0.15, 0.2) is 17.3 Å². The fourth-order valence-electron chi connectivity index (χ4n) is 2.28. The molecule has 3 rings (SSSR count). The average molecular weight is 411 g/mol. The predicted octanol–water partition coefficient (Wildman–Crippen LogP) is 1.94. The van der Waals surface area contributed by atoms with Gasteiger partial charge in [-0.25, -0.2) is 0 Å². The van der Waals surface area contributed by atoms with E-state index in [1.54, 1.807) is 38.8 Å². The summed E-state index contributed by atoms with van der Waals surface area (Å²) in [6, 6.07) is 1.54. The van der Waals surface area contributed by atoms with Gasteiger partial charge in [0.05, 0.1) is 0 Å². The Morgan fingerprint density at radius 3 is 2.15 bits per heavy atom. The number of carbonyl (C=O) groups excluding carboxylic acids is 2. The number of carbonyl (C=O) groups is 2. The van der Waals surface area contributed by atoms with Crippen LogP contribution in [0.2, 0.25) is 10.0 Å². The zero-order chi connectivity index (χ0) is 19.6. The average Bonchev–Trinajstić information content (AvgIpc) is 3.26. The van der Waals surface area contributed by atoms with Crippen LogP contribution in [-0.2, 0) is 25.4 Å². The van der Waals surface area contributed by atoms with Gasteiger partial charge in [-0.2, -0.15) is 15.3 Å². The number of anilines is 2. The number of nitrogens with zero attached hydrogens (tertiary/aromatic N) is 6. The van der Waals surface area contributed by atoms with Crippen LogP contribution in [0.4, 0.5) is 11.6 Å². The zero-order valence-electron chi connectivity index (χ0n) is 14.5. The van der Waals surface area contributed by atoms with Crippen LogP contribution >= 0.6 is 23.2 Å². The first-order valence-electron chi connectivity index (χ1n) is 7.85. The number of nitrogens with one attached hydrogen (secondary N) is 2. The van der Waals surface area contributed by atoms with Gasteiger partial charge in [-0.15, -0.1) is 0 Å². The van der Waals surface area contributed by atoms with E-state index in [4.69, 9.17) is 23.2 Å². The molecule has 10 nitrogen and oxygen atoms in total. The van der Waals surface area contributed by atoms with E-state index in [9.17, 15) is 9.59 Å². The van der Waals surface area contributed by atoms with E-state index < -0.39 is 5.91 Å². The van der Waals surface area contributed by atoms with E-state index in [-0.39, 0.29) is 30.4 Å². The smallest absolute Gasteiger partial charge is 0.277 e. The number of hydrogen-bond acceptors (Lipinski definition) is 5. The summed E-state index contributed by atoms with van der Waals surface area (Å²) in [5.41, 5.74) is 0.185. The second-order valence-corrected chi connectivity index (χ2v) is 6.53. The lowest BCUT2D eigenvalue weighted by molar-refractivity contribution is -0.116. The number of halogens is 2. The van der Waals surface area contributed by atoms with Gasteiger partial charge in [-0.05, 0) is 6.07 Å². The van der Waals surface area contributed by atoms with Crippen molar-refractivity contribution in [3.63, 3.8) is 0 Å². The Balaban J connectivity index is 1.54. The Labute approximate surface area is 164 Å². The van der Waals surface area contributed by atoms with Crippen LogP contribution in [0.3, 0.4) is 0 Å². The highest BCUT2D eigenvalue weighted by atomic mass is 35.5. The van der Waals surface area contributed by atoms with Crippen LogP contribution in [0.15, 0.2) is 24.7 Å². The number of aromatic nitrogens is 6. The summed E-state index contributed by atoms with van der Waals surface area (Å²) >= 11 is 11.9. The fraction of sp³-hybridized carbons (Fsp3) is 0.267. The van der Waals surface area contributed by atoms with Crippen LogP contribution in [0.25, 0.3) is 0 Å². The molecule has 142 valence electrons. The second kappa shape index (κ2) is 7.80. The molecule has 0 fully saturated rings. The van der Waals surface area contributed by atoms with Crippen molar-refractivity contribution < 1.29 is 9.59 Å². The van der Waals surface area contributed by atoms with Crippen molar-refractivity contribution in [1.29, 1.82) is 0 Å². The van der Waals surface area contributed by atoms with Crippen LogP contribution < -0.4 is 10.6 Å². The molecule has 0 spiro atoms. The molecular formula is C15H16Cl2N8O2.